The van der Waals surface area contributed by atoms with Crippen LogP contribution in [0.1, 0.15) is 28.8 Å². The number of carbonyl (C=O) groups excluding carboxylic acids is 1. The Balaban J connectivity index is 2.27. The average Bonchev–Trinajstić information content (AvgIpc) is 2.79. The lowest BCUT2D eigenvalue weighted by atomic mass is 10.1. The van der Waals surface area contributed by atoms with Gasteiger partial charge < -0.3 is 15.7 Å². The van der Waals surface area contributed by atoms with Gasteiger partial charge in [0.25, 0.3) is 5.91 Å². The van der Waals surface area contributed by atoms with E-state index >= 15 is 0 Å². The van der Waals surface area contributed by atoms with Gasteiger partial charge in [0.05, 0.1) is 12.6 Å². The number of hydrogen-bond acceptors (Lipinski definition) is 3. The molecule has 1 aromatic rings. The first-order chi connectivity index (χ1) is 8.13. The van der Waals surface area contributed by atoms with Crippen LogP contribution in [0.4, 0.5) is 5.69 Å². The third-order valence-corrected chi connectivity index (χ3v) is 3.34. The molecule has 2 rings (SSSR count). The molecular weight excluding hydrogens is 216 g/mol. The van der Waals surface area contributed by atoms with E-state index in [1.165, 1.54) is 0 Å². The van der Waals surface area contributed by atoms with Crippen molar-refractivity contribution in [3.8, 4) is 0 Å². The summed E-state index contributed by atoms with van der Waals surface area (Å²) in [4.78, 5) is 14.1. The summed E-state index contributed by atoms with van der Waals surface area (Å²) in [5, 5.41) is 9.24. The van der Waals surface area contributed by atoms with E-state index in [-0.39, 0.29) is 18.6 Å². The second-order valence-corrected chi connectivity index (χ2v) is 4.55. The number of likely N-dealkylation sites (tertiary alicyclic amines) is 1. The molecule has 0 aliphatic carbocycles. The summed E-state index contributed by atoms with van der Waals surface area (Å²) in [5.74, 6) is -0.0219. The highest BCUT2D eigenvalue weighted by Gasteiger charge is 2.29. The molecule has 1 aliphatic heterocycles. The molecule has 0 spiro atoms. The van der Waals surface area contributed by atoms with E-state index in [2.05, 4.69) is 0 Å². The number of nitrogens with zero attached hydrogens (tertiary/aromatic N) is 1. The monoisotopic (exact) mass is 234 g/mol. The Morgan fingerprint density at radius 3 is 3.06 bits per heavy atom. The van der Waals surface area contributed by atoms with Crippen LogP contribution in [-0.2, 0) is 0 Å². The second-order valence-electron chi connectivity index (χ2n) is 4.55. The molecule has 1 amide bonds. The Morgan fingerprint density at radius 2 is 2.35 bits per heavy atom. The first kappa shape index (κ1) is 11.9. The van der Waals surface area contributed by atoms with E-state index in [4.69, 9.17) is 5.73 Å². The van der Waals surface area contributed by atoms with Crippen LogP contribution in [0.15, 0.2) is 18.2 Å². The molecule has 4 heteroatoms. The number of amides is 1. The Bertz CT molecular complexity index is 431. The van der Waals surface area contributed by atoms with Crippen LogP contribution in [0.5, 0.6) is 0 Å². The molecular formula is C13H18N2O2. The Kier molecular flexibility index (Phi) is 3.33. The van der Waals surface area contributed by atoms with Crippen LogP contribution < -0.4 is 5.73 Å². The lowest BCUT2D eigenvalue weighted by Crippen LogP contribution is -2.37. The standard InChI is InChI=1S/C13H18N2O2/c1-9-4-5-10(14)7-12(9)13(17)15-6-2-3-11(15)8-16/h4-5,7,11,16H,2-3,6,8,14H2,1H3. The van der Waals surface area contributed by atoms with Crippen molar-refractivity contribution in [3.05, 3.63) is 29.3 Å². The van der Waals surface area contributed by atoms with Crippen molar-refractivity contribution < 1.29 is 9.90 Å². The smallest absolute Gasteiger partial charge is 0.254 e. The van der Waals surface area contributed by atoms with Crippen molar-refractivity contribution >= 4 is 11.6 Å². The van der Waals surface area contributed by atoms with E-state index < -0.39 is 0 Å². The van der Waals surface area contributed by atoms with Crippen LogP contribution in [0.3, 0.4) is 0 Å². The molecule has 1 unspecified atom stereocenters. The third-order valence-electron chi connectivity index (χ3n) is 3.34. The molecule has 0 saturated carbocycles. The molecule has 1 heterocycles. The number of aryl methyl sites for hydroxylation is 1. The van der Waals surface area contributed by atoms with Crippen LogP contribution in [0, 0.1) is 6.92 Å². The van der Waals surface area contributed by atoms with Crippen LogP contribution in [-0.4, -0.2) is 35.1 Å². The molecule has 4 nitrogen and oxygen atoms in total. The van der Waals surface area contributed by atoms with Gasteiger partial charge in [-0.15, -0.1) is 0 Å². The molecule has 92 valence electrons. The van der Waals surface area contributed by atoms with Crippen molar-refractivity contribution in [2.24, 2.45) is 0 Å². The fourth-order valence-electron chi connectivity index (χ4n) is 2.32. The number of hydrogen-bond donors (Lipinski definition) is 2. The van der Waals surface area contributed by atoms with Gasteiger partial charge in [-0.05, 0) is 37.5 Å². The topological polar surface area (TPSA) is 66.6 Å². The van der Waals surface area contributed by atoms with Gasteiger partial charge in [-0.1, -0.05) is 6.07 Å². The Hall–Kier alpha value is -1.55. The number of aliphatic hydroxyl groups is 1. The Labute approximate surface area is 101 Å². The zero-order valence-electron chi connectivity index (χ0n) is 10.0. The SMILES string of the molecule is Cc1ccc(N)cc1C(=O)N1CCCC1CO. The first-order valence-electron chi connectivity index (χ1n) is 5.91. The lowest BCUT2D eigenvalue weighted by Gasteiger charge is -2.24. The summed E-state index contributed by atoms with van der Waals surface area (Å²) in [6, 6.07) is 5.32. The van der Waals surface area contributed by atoms with Gasteiger partial charge in [-0.3, -0.25) is 4.79 Å². The quantitative estimate of drug-likeness (QED) is 0.755. The minimum absolute atomic E-state index is 0.0219. The number of carbonyl (C=O) groups is 1. The van der Waals surface area contributed by atoms with Gasteiger partial charge >= 0.3 is 0 Å². The number of aliphatic hydroxyl groups excluding tert-OH is 1. The summed E-state index contributed by atoms with van der Waals surface area (Å²) in [6.45, 7) is 2.65. The van der Waals surface area contributed by atoms with E-state index in [9.17, 15) is 9.90 Å². The van der Waals surface area contributed by atoms with E-state index in [1.54, 1.807) is 17.0 Å². The number of benzene rings is 1. The van der Waals surface area contributed by atoms with Gasteiger partial charge in [0, 0.05) is 17.8 Å². The zero-order valence-corrected chi connectivity index (χ0v) is 10.0. The lowest BCUT2D eigenvalue weighted by molar-refractivity contribution is 0.0677. The molecule has 1 saturated heterocycles. The molecule has 1 aromatic carbocycles. The van der Waals surface area contributed by atoms with Gasteiger partial charge in [0.15, 0.2) is 0 Å². The molecule has 1 fully saturated rings. The fraction of sp³-hybridized carbons (Fsp3) is 0.462. The van der Waals surface area contributed by atoms with Gasteiger partial charge in [-0.2, -0.15) is 0 Å². The fourth-order valence-corrected chi connectivity index (χ4v) is 2.32. The zero-order chi connectivity index (χ0) is 12.4. The number of anilines is 1. The van der Waals surface area contributed by atoms with Crippen molar-refractivity contribution in [1.29, 1.82) is 0 Å². The Morgan fingerprint density at radius 1 is 1.59 bits per heavy atom. The highest BCUT2D eigenvalue weighted by Crippen LogP contribution is 2.22. The normalized spacial score (nSPS) is 19.6. The summed E-state index contributed by atoms with van der Waals surface area (Å²) in [7, 11) is 0. The highest BCUT2D eigenvalue weighted by atomic mass is 16.3. The predicted molar refractivity (Wildman–Crippen MR) is 66.7 cm³/mol. The number of nitrogens with two attached hydrogens (primary N) is 1. The number of rotatable bonds is 2. The van der Waals surface area contributed by atoms with Crippen molar-refractivity contribution in [2.45, 2.75) is 25.8 Å². The number of nitrogen functional groups attached to an aromatic ring is 1. The summed E-state index contributed by atoms with van der Waals surface area (Å²) >= 11 is 0. The maximum absolute atomic E-state index is 12.3. The molecule has 0 aromatic heterocycles. The summed E-state index contributed by atoms with van der Waals surface area (Å²) in [6.07, 6.45) is 1.84. The van der Waals surface area contributed by atoms with Crippen LogP contribution in [0.2, 0.25) is 0 Å². The van der Waals surface area contributed by atoms with E-state index in [0.29, 0.717) is 11.3 Å². The minimum Gasteiger partial charge on any atom is -0.399 e. The van der Waals surface area contributed by atoms with Gasteiger partial charge in [0.2, 0.25) is 0 Å². The van der Waals surface area contributed by atoms with Crippen LogP contribution >= 0.6 is 0 Å². The largest absolute Gasteiger partial charge is 0.399 e. The van der Waals surface area contributed by atoms with Gasteiger partial charge in [0.1, 0.15) is 0 Å². The predicted octanol–water partition coefficient (Wildman–Crippen LogP) is 1.17. The molecule has 0 bridgehead atoms. The third kappa shape index (κ3) is 2.26. The average molecular weight is 234 g/mol. The highest BCUT2D eigenvalue weighted by molar-refractivity contribution is 5.96. The summed E-state index contributed by atoms with van der Waals surface area (Å²) < 4.78 is 0. The van der Waals surface area contributed by atoms with Crippen molar-refractivity contribution in [3.63, 3.8) is 0 Å². The van der Waals surface area contributed by atoms with Crippen LogP contribution in [0.25, 0.3) is 0 Å². The first-order valence-corrected chi connectivity index (χ1v) is 5.91. The maximum atomic E-state index is 12.3. The van der Waals surface area contributed by atoms with E-state index in [1.807, 2.05) is 13.0 Å². The maximum Gasteiger partial charge on any atom is 0.254 e. The second kappa shape index (κ2) is 4.75. The van der Waals surface area contributed by atoms with E-state index in [0.717, 1.165) is 24.9 Å². The summed E-state index contributed by atoms with van der Waals surface area (Å²) in [5.41, 5.74) is 7.87. The molecule has 1 atom stereocenters. The van der Waals surface area contributed by atoms with Crippen molar-refractivity contribution in [1.82, 2.24) is 4.90 Å². The molecule has 17 heavy (non-hydrogen) atoms. The minimum atomic E-state index is -0.0386. The van der Waals surface area contributed by atoms with Gasteiger partial charge in [-0.25, -0.2) is 0 Å². The molecule has 3 N–H and O–H groups in total. The molecule has 1 aliphatic rings. The van der Waals surface area contributed by atoms with Crippen molar-refractivity contribution in [2.75, 3.05) is 18.9 Å². The molecule has 0 radical (unpaired) electrons.